The summed E-state index contributed by atoms with van der Waals surface area (Å²) in [6, 6.07) is 7.43. The van der Waals surface area contributed by atoms with Crippen molar-refractivity contribution in [3.8, 4) is 0 Å². The van der Waals surface area contributed by atoms with Crippen molar-refractivity contribution in [2.75, 3.05) is 11.5 Å². The van der Waals surface area contributed by atoms with Crippen LogP contribution in [0.3, 0.4) is 0 Å². The van der Waals surface area contributed by atoms with Crippen LogP contribution in [0.4, 0.5) is 0 Å². The summed E-state index contributed by atoms with van der Waals surface area (Å²) in [4.78, 5) is 3.03. The molecule has 0 aliphatic carbocycles. The van der Waals surface area contributed by atoms with Gasteiger partial charge in [0.2, 0.25) is 0 Å². The molecule has 1 aromatic carbocycles. The summed E-state index contributed by atoms with van der Waals surface area (Å²) in [5, 5.41) is 0. The number of rotatable bonds is 57. The van der Waals surface area contributed by atoms with Crippen LogP contribution in [0.1, 0.15) is 360 Å². The maximum atomic E-state index is 2.50. The lowest BCUT2D eigenvalue weighted by atomic mass is 10.0. The van der Waals surface area contributed by atoms with E-state index in [1.807, 2.05) is 0 Å². The predicted octanol–water partition coefficient (Wildman–Crippen LogP) is 24.8. The standard InChI is InChI=1S/C64H122S2/c1-4-7-9-11-13-15-17-19-21-23-25-27-29-31-33-35-37-39-41-43-45-47-49-51-53-55-57-65-63-59-62(6-3)60-64(61-63)66-58-56-54-52-50-48-46-44-42-40-38-36-34-32-30-28-26-24-22-20-18-16-14-12-10-8-5-2/h59-61H,4-58H2,1-3H3. The van der Waals surface area contributed by atoms with Crippen molar-refractivity contribution in [1.29, 1.82) is 0 Å². The summed E-state index contributed by atoms with van der Waals surface area (Å²) in [5.74, 6) is 2.58. The molecule has 0 spiro atoms. The van der Waals surface area contributed by atoms with Crippen molar-refractivity contribution >= 4 is 23.5 Å². The molecule has 0 amide bonds. The van der Waals surface area contributed by atoms with Crippen LogP contribution in [-0.4, -0.2) is 11.5 Å². The van der Waals surface area contributed by atoms with Crippen LogP contribution in [0, 0.1) is 0 Å². The van der Waals surface area contributed by atoms with Gasteiger partial charge in [0.1, 0.15) is 0 Å². The minimum atomic E-state index is 1.15. The molecule has 0 heterocycles. The Morgan fingerprint density at radius 3 is 0.545 bits per heavy atom. The van der Waals surface area contributed by atoms with Crippen LogP contribution in [0.15, 0.2) is 28.0 Å². The van der Waals surface area contributed by atoms with E-state index < -0.39 is 0 Å². The second-order valence-electron chi connectivity index (χ2n) is 21.5. The van der Waals surface area contributed by atoms with Gasteiger partial charge in [-0.1, -0.05) is 342 Å². The molecule has 0 aliphatic heterocycles. The fraction of sp³-hybridized carbons (Fsp3) is 0.906. The third-order valence-electron chi connectivity index (χ3n) is 14.9. The molecule has 0 atom stereocenters. The number of unbranched alkanes of at least 4 members (excludes halogenated alkanes) is 50. The Balaban J connectivity index is 1.83. The lowest BCUT2D eigenvalue weighted by Crippen LogP contribution is -1.88. The van der Waals surface area contributed by atoms with Gasteiger partial charge in [-0.05, 0) is 54.5 Å². The van der Waals surface area contributed by atoms with Crippen molar-refractivity contribution in [1.82, 2.24) is 0 Å². The normalized spacial score (nSPS) is 11.7. The molecule has 2 heteroatoms. The molecule has 0 saturated carbocycles. The maximum absolute atomic E-state index is 2.50. The molecular weight excluding hydrogens is 833 g/mol. The second kappa shape index (κ2) is 55.8. The van der Waals surface area contributed by atoms with Crippen LogP contribution >= 0.6 is 23.5 Å². The zero-order valence-corrected chi connectivity index (χ0v) is 47.6. The van der Waals surface area contributed by atoms with E-state index in [2.05, 4.69) is 62.5 Å². The summed E-state index contributed by atoms with van der Waals surface area (Å²) in [6.45, 7) is 6.95. The molecule has 0 aromatic heterocycles. The molecular formula is C64H122S2. The molecule has 0 nitrogen and oxygen atoms in total. The summed E-state index contributed by atoms with van der Waals surface area (Å²) >= 11 is 4.23. The van der Waals surface area contributed by atoms with E-state index in [1.54, 1.807) is 0 Å². The second-order valence-corrected chi connectivity index (χ2v) is 23.9. The monoisotopic (exact) mass is 955 g/mol. The van der Waals surface area contributed by atoms with E-state index in [4.69, 9.17) is 0 Å². The first-order valence-electron chi connectivity index (χ1n) is 31.2. The van der Waals surface area contributed by atoms with E-state index in [0.29, 0.717) is 0 Å². The number of aryl methyl sites for hydroxylation is 1. The average molecular weight is 956 g/mol. The van der Waals surface area contributed by atoms with Gasteiger partial charge in [-0.25, -0.2) is 0 Å². The van der Waals surface area contributed by atoms with Crippen LogP contribution < -0.4 is 0 Å². The summed E-state index contributed by atoms with van der Waals surface area (Å²) < 4.78 is 0. The Morgan fingerprint density at radius 2 is 0.379 bits per heavy atom. The van der Waals surface area contributed by atoms with Gasteiger partial charge in [-0.15, -0.1) is 23.5 Å². The largest absolute Gasteiger partial charge is 0.126 e. The van der Waals surface area contributed by atoms with Crippen LogP contribution in [0.5, 0.6) is 0 Å². The molecule has 1 aromatic rings. The highest BCUT2D eigenvalue weighted by atomic mass is 32.2. The molecule has 0 aliphatic rings. The lowest BCUT2D eigenvalue weighted by molar-refractivity contribution is 0.516. The summed E-state index contributed by atoms with van der Waals surface area (Å²) in [6.07, 6.45) is 77.4. The highest BCUT2D eigenvalue weighted by Crippen LogP contribution is 2.29. The fourth-order valence-electron chi connectivity index (χ4n) is 10.2. The van der Waals surface area contributed by atoms with Crippen molar-refractivity contribution in [3.05, 3.63) is 23.8 Å². The van der Waals surface area contributed by atoms with Gasteiger partial charge < -0.3 is 0 Å². The Kier molecular flexibility index (Phi) is 54.1. The van der Waals surface area contributed by atoms with Crippen LogP contribution in [0.2, 0.25) is 0 Å². The van der Waals surface area contributed by atoms with E-state index in [9.17, 15) is 0 Å². The molecule has 66 heavy (non-hydrogen) atoms. The molecule has 0 N–H and O–H groups in total. The average Bonchev–Trinajstić information content (AvgIpc) is 3.33. The Labute approximate surface area is 427 Å². The molecule has 0 radical (unpaired) electrons. The Morgan fingerprint density at radius 1 is 0.212 bits per heavy atom. The molecule has 1 rings (SSSR count). The highest BCUT2D eigenvalue weighted by molar-refractivity contribution is 8.00. The zero-order valence-electron chi connectivity index (χ0n) is 45.9. The molecule has 0 unspecified atom stereocenters. The first kappa shape index (κ1) is 63.9. The molecule has 0 fully saturated rings. The lowest BCUT2D eigenvalue weighted by Gasteiger charge is -2.09. The van der Waals surface area contributed by atoms with Gasteiger partial charge in [0.05, 0.1) is 0 Å². The first-order chi connectivity index (χ1) is 32.8. The topological polar surface area (TPSA) is 0 Å². The van der Waals surface area contributed by atoms with E-state index in [-0.39, 0.29) is 0 Å². The van der Waals surface area contributed by atoms with Gasteiger partial charge >= 0.3 is 0 Å². The molecule has 390 valence electrons. The number of benzene rings is 1. The van der Waals surface area contributed by atoms with Gasteiger partial charge in [0, 0.05) is 9.79 Å². The Hall–Kier alpha value is -0.0800. The maximum Gasteiger partial charge on any atom is 0.00858 e. The van der Waals surface area contributed by atoms with Gasteiger partial charge in [-0.2, -0.15) is 0 Å². The quantitative estimate of drug-likeness (QED) is 0.0471. The van der Waals surface area contributed by atoms with Crippen molar-refractivity contribution < 1.29 is 0 Å². The Bertz CT molecular complexity index is 958. The highest BCUT2D eigenvalue weighted by Gasteiger charge is 2.04. The molecule has 0 bridgehead atoms. The van der Waals surface area contributed by atoms with Crippen molar-refractivity contribution in [2.24, 2.45) is 0 Å². The van der Waals surface area contributed by atoms with Crippen molar-refractivity contribution in [3.63, 3.8) is 0 Å². The van der Waals surface area contributed by atoms with E-state index in [1.165, 1.54) is 361 Å². The van der Waals surface area contributed by atoms with Crippen LogP contribution in [0.25, 0.3) is 0 Å². The number of thioether (sulfide) groups is 2. The minimum absolute atomic E-state index is 1.15. The molecule has 0 saturated heterocycles. The summed E-state index contributed by atoms with van der Waals surface area (Å²) in [5.41, 5.74) is 1.53. The first-order valence-corrected chi connectivity index (χ1v) is 33.2. The van der Waals surface area contributed by atoms with Crippen molar-refractivity contribution in [2.45, 2.75) is 371 Å². The smallest absolute Gasteiger partial charge is 0.00858 e. The minimum Gasteiger partial charge on any atom is -0.126 e. The van der Waals surface area contributed by atoms with Gasteiger partial charge in [-0.3, -0.25) is 0 Å². The zero-order chi connectivity index (χ0) is 47.2. The van der Waals surface area contributed by atoms with E-state index in [0.717, 1.165) is 6.42 Å². The fourth-order valence-corrected chi connectivity index (χ4v) is 12.4. The van der Waals surface area contributed by atoms with E-state index >= 15 is 0 Å². The third kappa shape index (κ3) is 48.9. The van der Waals surface area contributed by atoms with Gasteiger partial charge in [0.25, 0.3) is 0 Å². The number of hydrogen-bond donors (Lipinski definition) is 0. The third-order valence-corrected chi connectivity index (χ3v) is 17.0. The predicted molar refractivity (Wildman–Crippen MR) is 309 cm³/mol. The SMILES string of the molecule is CCCCCCCCCCCCCCCCCCCCCCCCCCCCSc1cc(CC)cc(SCCCCCCCCCCCCCCCCCCCCCCCCCCCC)c1. The summed E-state index contributed by atoms with van der Waals surface area (Å²) in [7, 11) is 0. The van der Waals surface area contributed by atoms with Gasteiger partial charge in [0.15, 0.2) is 0 Å². The number of hydrogen-bond acceptors (Lipinski definition) is 2. The van der Waals surface area contributed by atoms with Crippen LogP contribution in [-0.2, 0) is 6.42 Å².